The Balaban J connectivity index is 2.44. The van der Waals surface area contributed by atoms with Crippen LogP contribution in [0.5, 0.6) is 0 Å². The van der Waals surface area contributed by atoms with Gasteiger partial charge in [-0.05, 0) is 37.3 Å². The van der Waals surface area contributed by atoms with Crippen LogP contribution in [0.3, 0.4) is 0 Å². The summed E-state index contributed by atoms with van der Waals surface area (Å²) in [5.41, 5.74) is -0.671. The number of thiazole rings is 1. The Labute approximate surface area is 150 Å². The predicted octanol–water partition coefficient (Wildman–Crippen LogP) is 2.43. The summed E-state index contributed by atoms with van der Waals surface area (Å²) in [5, 5.41) is 18.4. The van der Waals surface area contributed by atoms with E-state index in [-0.39, 0.29) is 15.9 Å². The SMILES string of the molecule is Cc1ccc(/C=c2\sc(=C(C#N)C#N)n(-c3ccccc3F)c2=O)s1. The third-order valence-electron chi connectivity index (χ3n) is 3.39. The minimum atomic E-state index is -0.600. The molecule has 2 aromatic heterocycles. The van der Waals surface area contributed by atoms with Crippen molar-refractivity contribution in [3.05, 3.63) is 71.5 Å². The second-order valence-corrected chi connectivity index (χ2v) is 7.40. The zero-order valence-corrected chi connectivity index (χ0v) is 14.6. The van der Waals surface area contributed by atoms with Crippen LogP contribution in [0, 0.1) is 35.4 Å². The average molecular weight is 367 g/mol. The van der Waals surface area contributed by atoms with Gasteiger partial charge in [0.25, 0.3) is 5.56 Å². The number of thiophene rings is 1. The average Bonchev–Trinajstić information content (AvgIpc) is 3.14. The van der Waals surface area contributed by atoms with Gasteiger partial charge in [0.05, 0.1) is 10.2 Å². The maximum absolute atomic E-state index is 14.2. The molecule has 7 heteroatoms. The normalized spacial score (nSPS) is 11.1. The Hall–Kier alpha value is -3.00. The van der Waals surface area contributed by atoms with Crippen molar-refractivity contribution in [1.82, 2.24) is 4.57 Å². The summed E-state index contributed by atoms with van der Waals surface area (Å²) >= 11 is 2.52. The Morgan fingerprint density at radius 1 is 1.16 bits per heavy atom. The monoisotopic (exact) mass is 367 g/mol. The fourth-order valence-corrected chi connectivity index (χ4v) is 4.22. The van der Waals surface area contributed by atoms with E-state index in [2.05, 4.69) is 0 Å². The van der Waals surface area contributed by atoms with Crippen molar-refractivity contribution < 1.29 is 4.39 Å². The van der Waals surface area contributed by atoms with E-state index in [1.54, 1.807) is 24.3 Å². The zero-order valence-electron chi connectivity index (χ0n) is 13.0. The lowest BCUT2D eigenvalue weighted by Gasteiger charge is -2.03. The first-order valence-electron chi connectivity index (χ1n) is 7.14. The van der Waals surface area contributed by atoms with Crippen molar-refractivity contribution in [2.45, 2.75) is 6.92 Å². The van der Waals surface area contributed by atoms with Crippen LogP contribution in [0.2, 0.25) is 0 Å². The second kappa shape index (κ2) is 6.86. The Kier molecular flexibility index (Phi) is 4.62. The quantitative estimate of drug-likeness (QED) is 0.698. The van der Waals surface area contributed by atoms with Crippen LogP contribution in [0.1, 0.15) is 9.75 Å². The van der Waals surface area contributed by atoms with Crippen LogP contribution in [-0.2, 0) is 0 Å². The van der Waals surface area contributed by atoms with Gasteiger partial charge in [-0.1, -0.05) is 12.1 Å². The van der Waals surface area contributed by atoms with Gasteiger partial charge >= 0.3 is 0 Å². The topological polar surface area (TPSA) is 69.6 Å². The molecule has 0 fully saturated rings. The molecule has 2 heterocycles. The van der Waals surface area contributed by atoms with Crippen LogP contribution in [-0.4, -0.2) is 4.57 Å². The van der Waals surface area contributed by atoms with Crippen molar-refractivity contribution in [2.24, 2.45) is 0 Å². The van der Waals surface area contributed by atoms with Gasteiger partial charge in [-0.3, -0.25) is 9.36 Å². The molecule has 0 bridgehead atoms. The van der Waals surface area contributed by atoms with Gasteiger partial charge < -0.3 is 0 Å². The van der Waals surface area contributed by atoms with Crippen molar-refractivity contribution >= 4 is 34.3 Å². The Bertz CT molecular complexity index is 1200. The number of aryl methyl sites for hydroxylation is 1. The van der Waals surface area contributed by atoms with E-state index in [4.69, 9.17) is 0 Å². The molecule has 0 atom stereocenters. The summed E-state index contributed by atoms with van der Waals surface area (Å²) < 4.78 is 15.8. The van der Waals surface area contributed by atoms with Gasteiger partial charge in [-0.15, -0.1) is 22.7 Å². The number of para-hydroxylation sites is 1. The largest absolute Gasteiger partial charge is 0.273 e. The minimum Gasteiger partial charge on any atom is -0.267 e. The molecule has 0 spiro atoms. The van der Waals surface area contributed by atoms with Gasteiger partial charge in [0.1, 0.15) is 22.6 Å². The molecule has 25 heavy (non-hydrogen) atoms. The smallest absolute Gasteiger partial charge is 0.267 e. The lowest BCUT2D eigenvalue weighted by atomic mass is 10.3. The first-order chi connectivity index (χ1) is 12.0. The molecular formula is C18H10FN3OS2. The van der Waals surface area contributed by atoms with Crippen molar-refractivity contribution in [1.29, 1.82) is 10.5 Å². The molecule has 0 saturated carbocycles. The molecule has 3 rings (SSSR count). The maximum atomic E-state index is 14.2. The van der Waals surface area contributed by atoms with E-state index in [0.29, 0.717) is 4.53 Å². The number of nitrogens with zero attached hydrogens (tertiary/aromatic N) is 3. The maximum Gasteiger partial charge on any atom is 0.273 e. The molecule has 122 valence electrons. The third kappa shape index (κ3) is 3.16. The highest BCUT2D eigenvalue weighted by Crippen LogP contribution is 2.15. The summed E-state index contributed by atoms with van der Waals surface area (Å²) in [4.78, 5) is 14.8. The summed E-state index contributed by atoms with van der Waals surface area (Å²) in [6.45, 7) is 1.96. The lowest BCUT2D eigenvalue weighted by Crippen LogP contribution is -2.31. The highest BCUT2D eigenvalue weighted by atomic mass is 32.1. The molecule has 4 nitrogen and oxygen atoms in total. The molecule has 0 amide bonds. The van der Waals surface area contributed by atoms with Gasteiger partial charge in [0.15, 0.2) is 5.57 Å². The molecule has 0 saturated heterocycles. The van der Waals surface area contributed by atoms with E-state index in [1.165, 1.54) is 29.5 Å². The summed E-state index contributed by atoms with van der Waals surface area (Å²) in [6, 6.07) is 13.1. The number of hydrogen-bond acceptors (Lipinski definition) is 5. The van der Waals surface area contributed by atoms with E-state index < -0.39 is 11.4 Å². The predicted molar refractivity (Wildman–Crippen MR) is 96.4 cm³/mol. The zero-order chi connectivity index (χ0) is 18.0. The molecule has 0 N–H and O–H groups in total. The highest BCUT2D eigenvalue weighted by Gasteiger charge is 2.14. The number of benzene rings is 1. The highest BCUT2D eigenvalue weighted by molar-refractivity contribution is 7.13. The summed E-state index contributed by atoms with van der Waals surface area (Å²) in [7, 11) is 0. The molecule has 0 aliphatic rings. The van der Waals surface area contributed by atoms with Gasteiger partial charge in [-0.2, -0.15) is 10.5 Å². The van der Waals surface area contributed by atoms with Crippen molar-refractivity contribution in [3.63, 3.8) is 0 Å². The Morgan fingerprint density at radius 3 is 2.48 bits per heavy atom. The number of halogens is 1. The fourth-order valence-electron chi connectivity index (χ4n) is 2.28. The summed E-state index contributed by atoms with van der Waals surface area (Å²) in [5.74, 6) is -0.600. The van der Waals surface area contributed by atoms with Crippen LogP contribution < -0.4 is 14.8 Å². The molecule has 0 aliphatic carbocycles. The first kappa shape index (κ1) is 16.8. The molecule has 0 unspecified atom stereocenters. The van der Waals surface area contributed by atoms with Crippen molar-refractivity contribution in [3.8, 4) is 17.8 Å². The van der Waals surface area contributed by atoms with Crippen molar-refractivity contribution in [2.75, 3.05) is 0 Å². The molecule has 0 aliphatic heterocycles. The second-order valence-electron chi connectivity index (χ2n) is 5.05. The Morgan fingerprint density at radius 2 is 1.88 bits per heavy atom. The van der Waals surface area contributed by atoms with E-state index in [1.807, 2.05) is 19.1 Å². The number of hydrogen-bond donors (Lipinski definition) is 0. The standard InChI is InChI=1S/C18H10FN3OS2/c1-11-6-7-13(24-11)8-16-17(23)22(15-5-3-2-4-14(15)19)18(25-16)12(9-20)10-21/h2-8H,1H3/b16-8-. The fraction of sp³-hybridized carbons (Fsp3) is 0.0556. The first-order valence-corrected chi connectivity index (χ1v) is 8.78. The van der Waals surface area contributed by atoms with Crippen LogP contribution >= 0.6 is 22.7 Å². The van der Waals surface area contributed by atoms with Crippen LogP contribution in [0.15, 0.2) is 41.2 Å². The lowest BCUT2D eigenvalue weighted by molar-refractivity contribution is 0.616. The van der Waals surface area contributed by atoms with Gasteiger partial charge in [0, 0.05) is 9.75 Å². The molecular weight excluding hydrogens is 357 g/mol. The van der Waals surface area contributed by atoms with Crippen LogP contribution in [0.4, 0.5) is 4.39 Å². The van der Waals surface area contributed by atoms with E-state index in [0.717, 1.165) is 25.7 Å². The summed E-state index contributed by atoms with van der Waals surface area (Å²) in [6.07, 6.45) is 1.69. The minimum absolute atomic E-state index is 0.0174. The number of rotatable bonds is 2. The van der Waals surface area contributed by atoms with E-state index in [9.17, 15) is 19.7 Å². The molecule has 3 aromatic rings. The molecule has 1 aromatic carbocycles. The molecule has 0 radical (unpaired) electrons. The van der Waals surface area contributed by atoms with E-state index >= 15 is 0 Å². The number of nitriles is 2. The van der Waals surface area contributed by atoms with Gasteiger partial charge in [0.2, 0.25) is 0 Å². The van der Waals surface area contributed by atoms with Crippen LogP contribution in [0.25, 0.3) is 17.3 Å². The number of aromatic nitrogens is 1. The third-order valence-corrected chi connectivity index (χ3v) is 5.43. The van der Waals surface area contributed by atoms with Gasteiger partial charge in [-0.25, -0.2) is 4.39 Å².